The number of halogens is 1. The summed E-state index contributed by atoms with van der Waals surface area (Å²) in [5.41, 5.74) is 8.83. The second-order valence-electron chi connectivity index (χ2n) is 3.78. The van der Waals surface area contributed by atoms with Gasteiger partial charge in [0.15, 0.2) is 0 Å². The monoisotopic (exact) mass is 216 g/mol. The van der Waals surface area contributed by atoms with Gasteiger partial charge in [-0.25, -0.2) is 9.37 Å². The number of pyridine rings is 1. The topological polar surface area (TPSA) is 38.9 Å². The molecule has 0 aliphatic heterocycles. The molecule has 0 spiro atoms. The number of anilines is 1. The van der Waals surface area contributed by atoms with E-state index in [-0.39, 0.29) is 5.82 Å². The molecule has 3 heteroatoms. The van der Waals surface area contributed by atoms with Gasteiger partial charge in [0.05, 0.1) is 0 Å². The molecule has 82 valence electrons. The molecule has 2 rings (SSSR count). The van der Waals surface area contributed by atoms with Crippen molar-refractivity contribution in [3.05, 3.63) is 47.4 Å². The van der Waals surface area contributed by atoms with Gasteiger partial charge in [0.25, 0.3) is 0 Å². The fourth-order valence-electron chi connectivity index (χ4n) is 1.76. The standard InChI is InChI=1S/C13H13FN2/c1-8-10(4-3-5-12(8)14)11-6-7-13(15)16-9(11)2/h3-7H,1-2H3,(H2,15,16). The van der Waals surface area contributed by atoms with E-state index in [0.717, 1.165) is 16.8 Å². The van der Waals surface area contributed by atoms with Crippen molar-refractivity contribution < 1.29 is 4.39 Å². The lowest BCUT2D eigenvalue weighted by atomic mass is 9.99. The molecule has 0 aliphatic rings. The van der Waals surface area contributed by atoms with Gasteiger partial charge in [0, 0.05) is 11.3 Å². The molecule has 0 radical (unpaired) electrons. The average Bonchev–Trinajstić information content (AvgIpc) is 2.23. The predicted molar refractivity (Wildman–Crippen MR) is 63.5 cm³/mol. The van der Waals surface area contributed by atoms with Crippen LogP contribution in [0.1, 0.15) is 11.3 Å². The van der Waals surface area contributed by atoms with Gasteiger partial charge in [-0.2, -0.15) is 0 Å². The maximum atomic E-state index is 13.4. The van der Waals surface area contributed by atoms with Crippen molar-refractivity contribution in [2.75, 3.05) is 5.73 Å². The van der Waals surface area contributed by atoms with E-state index in [2.05, 4.69) is 4.98 Å². The van der Waals surface area contributed by atoms with Crippen LogP contribution in [0.2, 0.25) is 0 Å². The summed E-state index contributed by atoms with van der Waals surface area (Å²) < 4.78 is 13.4. The van der Waals surface area contributed by atoms with Gasteiger partial charge in [0.2, 0.25) is 0 Å². The summed E-state index contributed by atoms with van der Waals surface area (Å²) in [5, 5.41) is 0. The smallest absolute Gasteiger partial charge is 0.126 e. The van der Waals surface area contributed by atoms with Crippen LogP contribution in [0.25, 0.3) is 11.1 Å². The molecule has 2 N–H and O–H groups in total. The van der Waals surface area contributed by atoms with E-state index in [0.29, 0.717) is 11.4 Å². The van der Waals surface area contributed by atoms with Crippen LogP contribution in [0.4, 0.5) is 10.2 Å². The Morgan fingerprint density at radius 3 is 2.50 bits per heavy atom. The second-order valence-corrected chi connectivity index (χ2v) is 3.78. The lowest BCUT2D eigenvalue weighted by molar-refractivity contribution is 0.619. The first kappa shape index (κ1) is 10.6. The zero-order chi connectivity index (χ0) is 11.7. The molecule has 0 fully saturated rings. The highest BCUT2D eigenvalue weighted by molar-refractivity contribution is 5.70. The molecular formula is C13H13FN2. The first-order chi connectivity index (χ1) is 7.59. The number of nitrogen functional groups attached to an aromatic ring is 1. The molecule has 1 aromatic carbocycles. The van der Waals surface area contributed by atoms with E-state index in [4.69, 9.17) is 5.73 Å². The number of aromatic nitrogens is 1. The molecule has 0 unspecified atom stereocenters. The molecule has 0 bridgehead atoms. The molecule has 2 nitrogen and oxygen atoms in total. The molecule has 1 aromatic heterocycles. The van der Waals surface area contributed by atoms with E-state index >= 15 is 0 Å². The van der Waals surface area contributed by atoms with Crippen molar-refractivity contribution in [3.63, 3.8) is 0 Å². The summed E-state index contributed by atoms with van der Waals surface area (Å²) >= 11 is 0. The summed E-state index contributed by atoms with van der Waals surface area (Å²) in [6.07, 6.45) is 0. The summed E-state index contributed by atoms with van der Waals surface area (Å²) in [5.74, 6) is 0.282. The molecule has 1 heterocycles. The summed E-state index contributed by atoms with van der Waals surface area (Å²) in [7, 11) is 0. The van der Waals surface area contributed by atoms with E-state index in [9.17, 15) is 4.39 Å². The number of nitrogens with zero attached hydrogens (tertiary/aromatic N) is 1. The molecule has 0 atom stereocenters. The maximum absolute atomic E-state index is 13.4. The first-order valence-electron chi connectivity index (χ1n) is 5.08. The largest absolute Gasteiger partial charge is 0.384 e. The van der Waals surface area contributed by atoms with Crippen molar-refractivity contribution in [2.45, 2.75) is 13.8 Å². The summed E-state index contributed by atoms with van der Waals surface area (Å²) in [6, 6.07) is 8.65. The Hall–Kier alpha value is -1.90. The van der Waals surface area contributed by atoms with Crippen LogP contribution < -0.4 is 5.73 Å². The van der Waals surface area contributed by atoms with E-state index < -0.39 is 0 Å². The molecular weight excluding hydrogens is 203 g/mol. The minimum atomic E-state index is -0.200. The van der Waals surface area contributed by atoms with Gasteiger partial charge in [-0.15, -0.1) is 0 Å². The van der Waals surface area contributed by atoms with Crippen molar-refractivity contribution in [1.29, 1.82) is 0 Å². The summed E-state index contributed by atoms with van der Waals surface area (Å²) in [4.78, 5) is 4.18. The third-order valence-corrected chi connectivity index (χ3v) is 2.67. The van der Waals surface area contributed by atoms with Crippen LogP contribution in [0, 0.1) is 19.7 Å². The average molecular weight is 216 g/mol. The minimum absolute atomic E-state index is 0.200. The Kier molecular flexibility index (Phi) is 2.60. The Bertz CT molecular complexity index is 535. The highest BCUT2D eigenvalue weighted by atomic mass is 19.1. The number of hydrogen-bond donors (Lipinski definition) is 1. The van der Waals surface area contributed by atoms with E-state index in [1.165, 1.54) is 6.07 Å². The first-order valence-corrected chi connectivity index (χ1v) is 5.08. The van der Waals surface area contributed by atoms with Crippen LogP contribution in [0.5, 0.6) is 0 Å². The minimum Gasteiger partial charge on any atom is -0.384 e. The fraction of sp³-hybridized carbons (Fsp3) is 0.154. The Morgan fingerprint density at radius 1 is 1.06 bits per heavy atom. The SMILES string of the molecule is Cc1nc(N)ccc1-c1cccc(F)c1C. The Balaban J connectivity index is 2.63. The van der Waals surface area contributed by atoms with Gasteiger partial charge in [-0.05, 0) is 43.2 Å². The predicted octanol–water partition coefficient (Wildman–Crippen LogP) is 3.09. The maximum Gasteiger partial charge on any atom is 0.126 e. The van der Waals surface area contributed by atoms with Crippen LogP contribution in [0.3, 0.4) is 0 Å². The number of aryl methyl sites for hydroxylation is 1. The second kappa shape index (κ2) is 3.93. The number of benzene rings is 1. The van der Waals surface area contributed by atoms with Gasteiger partial charge in [0.1, 0.15) is 11.6 Å². The summed E-state index contributed by atoms with van der Waals surface area (Å²) in [6.45, 7) is 3.64. The highest BCUT2D eigenvalue weighted by Gasteiger charge is 2.08. The number of hydrogen-bond acceptors (Lipinski definition) is 2. The van der Waals surface area contributed by atoms with Gasteiger partial charge in [-0.3, -0.25) is 0 Å². The van der Waals surface area contributed by atoms with Crippen LogP contribution in [-0.2, 0) is 0 Å². The number of nitrogens with two attached hydrogens (primary N) is 1. The van der Waals surface area contributed by atoms with Crippen LogP contribution in [-0.4, -0.2) is 4.98 Å². The third-order valence-electron chi connectivity index (χ3n) is 2.67. The Labute approximate surface area is 93.9 Å². The molecule has 2 aromatic rings. The lowest BCUT2D eigenvalue weighted by Crippen LogP contribution is -1.96. The number of rotatable bonds is 1. The molecule has 0 aliphatic carbocycles. The van der Waals surface area contributed by atoms with Gasteiger partial charge < -0.3 is 5.73 Å². The Morgan fingerprint density at radius 2 is 1.81 bits per heavy atom. The van der Waals surface area contributed by atoms with E-state index in [1.54, 1.807) is 19.1 Å². The van der Waals surface area contributed by atoms with Crippen LogP contribution >= 0.6 is 0 Å². The molecule has 0 saturated carbocycles. The van der Waals surface area contributed by atoms with Crippen molar-refractivity contribution in [3.8, 4) is 11.1 Å². The normalized spacial score (nSPS) is 10.4. The fourth-order valence-corrected chi connectivity index (χ4v) is 1.76. The lowest BCUT2D eigenvalue weighted by Gasteiger charge is -2.09. The highest BCUT2D eigenvalue weighted by Crippen LogP contribution is 2.27. The van der Waals surface area contributed by atoms with Crippen molar-refractivity contribution in [2.24, 2.45) is 0 Å². The zero-order valence-corrected chi connectivity index (χ0v) is 9.29. The van der Waals surface area contributed by atoms with Gasteiger partial charge in [-0.1, -0.05) is 12.1 Å². The van der Waals surface area contributed by atoms with E-state index in [1.807, 2.05) is 19.1 Å². The van der Waals surface area contributed by atoms with Gasteiger partial charge >= 0.3 is 0 Å². The quantitative estimate of drug-likeness (QED) is 0.795. The molecule has 0 amide bonds. The van der Waals surface area contributed by atoms with Crippen molar-refractivity contribution >= 4 is 5.82 Å². The zero-order valence-electron chi connectivity index (χ0n) is 9.29. The third kappa shape index (κ3) is 1.76. The molecule has 0 saturated heterocycles. The molecule has 16 heavy (non-hydrogen) atoms. The van der Waals surface area contributed by atoms with Crippen molar-refractivity contribution in [1.82, 2.24) is 4.98 Å². The van der Waals surface area contributed by atoms with Crippen LogP contribution in [0.15, 0.2) is 30.3 Å².